The molecule has 3 aliphatic rings. The van der Waals surface area contributed by atoms with E-state index < -0.39 is 175 Å². The van der Waals surface area contributed by atoms with Gasteiger partial charge in [-0.3, -0.25) is 38.4 Å². The first kappa shape index (κ1) is 67.9. The quantitative estimate of drug-likeness (QED) is 0.0191. The number of nitrogens with zero attached hydrogens (tertiary/aromatic N) is 3. The Morgan fingerprint density at radius 2 is 1.56 bits per heavy atom. The van der Waals surface area contributed by atoms with Crippen LogP contribution in [0.4, 0.5) is 0 Å². The molecule has 4 aromatic rings. The molecule has 7 rings (SSSR count). The van der Waals surface area contributed by atoms with Gasteiger partial charge >= 0.3 is 29.6 Å². The molecule has 8 amide bonds. The Labute approximate surface area is 515 Å². The van der Waals surface area contributed by atoms with Crippen molar-refractivity contribution in [2.75, 3.05) is 32.8 Å². The Bertz CT molecular complexity index is 3190. The molecule has 3 aliphatic heterocycles. The maximum Gasteiger partial charge on any atom is 1.00 e. The average molecular weight is 1230 g/mol. The van der Waals surface area contributed by atoms with Crippen LogP contribution in [-0.4, -0.2) is 199 Å². The van der Waals surface area contributed by atoms with Gasteiger partial charge in [0, 0.05) is 61.2 Å². The molecule has 3 saturated heterocycles. The maximum absolute atomic E-state index is 14.6. The van der Waals surface area contributed by atoms with Gasteiger partial charge in [-0.25, -0.2) is 8.42 Å². The Kier molecular flexibility index (Phi) is 24.0. The monoisotopic (exact) mass is 1230 g/mol. The summed E-state index contributed by atoms with van der Waals surface area (Å²) >= 11 is 0. The summed E-state index contributed by atoms with van der Waals surface area (Å²) < 4.78 is 49.9. The summed E-state index contributed by atoms with van der Waals surface area (Å²) in [5.74, 6) is -10.7. The molecule has 460 valence electrons. The number of hydrogen-bond acceptors (Lipinski definition) is 21. The molecular formula is C55H68N9NaO20S. The van der Waals surface area contributed by atoms with E-state index in [2.05, 4.69) is 42.8 Å². The second kappa shape index (κ2) is 30.4. The third kappa shape index (κ3) is 17.5. The summed E-state index contributed by atoms with van der Waals surface area (Å²) in [5, 5.41) is 82.6. The third-order valence-electron chi connectivity index (χ3n) is 14.6. The summed E-state index contributed by atoms with van der Waals surface area (Å²) in [4.78, 5) is 114. The number of rotatable bonds is 18. The first-order chi connectivity index (χ1) is 40.3. The topological polar surface area (TPSA) is 452 Å². The molecule has 11 unspecified atom stereocenters. The van der Waals surface area contributed by atoms with E-state index >= 15 is 0 Å². The van der Waals surface area contributed by atoms with Crippen molar-refractivity contribution in [3.05, 3.63) is 83.9 Å². The molecule has 0 radical (unpaired) electrons. The molecule has 0 saturated carbocycles. The first-order valence-electron chi connectivity index (χ1n) is 27.4. The van der Waals surface area contributed by atoms with Gasteiger partial charge in [-0.2, -0.15) is 0 Å². The number of aliphatic hydroxyl groups excluding tert-OH is 5. The minimum Gasteiger partial charge on any atom is -0.716 e. The van der Waals surface area contributed by atoms with Gasteiger partial charge in [-0.15, -0.1) is 0 Å². The molecule has 86 heavy (non-hydrogen) atoms. The number of carbonyl (C=O) groups excluding carboxylic acids is 8. The summed E-state index contributed by atoms with van der Waals surface area (Å²) in [5.41, 5.74) is 6.93. The van der Waals surface area contributed by atoms with Crippen molar-refractivity contribution < 1.29 is 125 Å². The number of phenolic OH excluding ortho intramolecular Hbond substituents is 1. The first-order valence-corrected chi connectivity index (χ1v) is 28.7. The standard InChI is InChI=1S/C55H69N9O20S.Na/c1-3-4-5-19-82-34-15-13-31(14-16-34)42-23-35(62-83-42)30-9-11-32(12-10-30)49(72)58-36-22-33(66)25-57-53(76)47-48(71)28(2)26-64(47)55(78)46(41(69)24-44(56)70)61-52(75)45(40(68)20-29-8-17-39(67)43(21-29)84-85(79,80)81)60-51(74)38-7-6-18-63(38)54(77)37(27-65)59-50(36)73;/h8-17,21,23,28,33,36-38,40-41,45-48,65-69,71H,3-7,18-20,22,24-27H2,1-2H3,(H2,56,70)(H,57,76)(H,58,72)(H,59,73)(H,60,74)(H,61,75)(H,79,80,81);/q;+1/p-1. The summed E-state index contributed by atoms with van der Waals surface area (Å²) in [6.07, 6.45) is -7.00. The number of β-amino-alcohol motifs (C(OH)–C–C–N with tert-alkyl or cyclic N) is 1. The second-order valence-corrected chi connectivity index (χ2v) is 22.0. The van der Waals surface area contributed by atoms with Gasteiger partial charge in [-0.1, -0.05) is 50.0 Å². The van der Waals surface area contributed by atoms with E-state index in [0.29, 0.717) is 29.4 Å². The molecule has 1 aromatic heterocycles. The van der Waals surface area contributed by atoms with Crippen LogP contribution in [0.3, 0.4) is 0 Å². The van der Waals surface area contributed by atoms with Crippen LogP contribution in [0.25, 0.3) is 22.6 Å². The van der Waals surface area contributed by atoms with Crippen LogP contribution >= 0.6 is 0 Å². The minimum absolute atomic E-state index is 0. The van der Waals surface area contributed by atoms with Crippen LogP contribution in [0, 0.1) is 5.92 Å². The van der Waals surface area contributed by atoms with Crippen LogP contribution in [-0.2, 0) is 50.4 Å². The van der Waals surface area contributed by atoms with E-state index in [4.69, 9.17) is 15.0 Å². The fourth-order valence-corrected chi connectivity index (χ4v) is 10.5. The van der Waals surface area contributed by atoms with Crippen molar-refractivity contribution in [3.8, 4) is 39.8 Å². The Hall–Kier alpha value is -7.26. The van der Waals surface area contributed by atoms with E-state index in [-0.39, 0.29) is 60.1 Å². The number of carbonyl (C=O) groups is 8. The van der Waals surface area contributed by atoms with Gasteiger partial charge < -0.3 is 90.8 Å². The van der Waals surface area contributed by atoms with Gasteiger partial charge in [0.05, 0.1) is 44.1 Å². The molecule has 0 bridgehead atoms. The number of aliphatic hydroxyl groups is 5. The molecule has 0 spiro atoms. The molecule has 31 heteroatoms. The maximum atomic E-state index is 14.6. The van der Waals surface area contributed by atoms with Crippen LogP contribution in [0.1, 0.15) is 74.7 Å². The van der Waals surface area contributed by atoms with Crippen molar-refractivity contribution in [2.45, 2.75) is 126 Å². The van der Waals surface area contributed by atoms with E-state index in [1.54, 1.807) is 18.2 Å². The van der Waals surface area contributed by atoms with Gasteiger partial charge in [-0.05, 0) is 73.4 Å². The number of fused-ring (bicyclic) bond motifs is 2. The van der Waals surface area contributed by atoms with Crippen molar-refractivity contribution in [1.29, 1.82) is 0 Å². The number of unbranched alkanes of at least 4 members (excludes halogenated alkanes) is 2. The zero-order valence-electron chi connectivity index (χ0n) is 47.2. The summed E-state index contributed by atoms with van der Waals surface area (Å²) in [6.45, 7) is 1.76. The largest absolute Gasteiger partial charge is 1.00 e. The van der Waals surface area contributed by atoms with E-state index in [1.807, 2.05) is 24.3 Å². The van der Waals surface area contributed by atoms with E-state index in [1.165, 1.54) is 19.1 Å². The minimum atomic E-state index is -5.46. The number of primary amides is 1. The number of amides is 8. The second-order valence-electron chi connectivity index (χ2n) is 21.0. The molecule has 13 N–H and O–H groups in total. The van der Waals surface area contributed by atoms with Crippen molar-refractivity contribution in [2.24, 2.45) is 11.7 Å². The molecule has 11 atom stereocenters. The zero-order chi connectivity index (χ0) is 61.9. The molecule has 3 aromatic carbocycles. The van der Waals surface area contributed by atoms with Gasteiger partial charge in [0.1, 0.15) is 47.7 Å². The Morgan fingerprint density at radius 3 is 2.22 bits per heavy atom. The third-order valence-corrected chi connectivity index (χ3v) is 15.0. The number of hydrogen-bond donors (Lipinski definition) is 12. The number of benzene rings is 3. The summed E-state index contributed by atoms with van der Waals surface area (Å²) in [7, 11) is -5.46. The van der Waals surface area contributed by atoms with Crippen molar-refractivity contribution in [1.82, 2.24) is 41.5 Å². The van der Waals surface area contributed by atoms with E-state index in [0.717, 1.165) is 52.8 Å². The van der Waals surface area contributed by atoms with Crippen LogP contribution in [0.2, 0.25) is 0 Å². The Morgan fingerprint density at radius 1 is 0.872 bits per heavy atom. The number of aromatic nitrogens is 1. The average Bonchev–Trinajstić information content (AvgIpc) is 2.27. The van der Waals surface area contributed by atoms with Crippen molar-refractivity contribution >= 4 is 57.7 Å². The number of nitrogens with one attached hydrogen (secondary N) is 5. The molecule has 29 nitrogen and oxygen atoms in total. The van der Waals surface area contributed by atoms with E-state index in [9.17, 15) is 82.0 Å². The number of nitrogens with two attached hydrogens (primary N) is 1. The zero-order valence-corrected chi connectivity index (χ0v) is 50.0. The smallest absolute Gasteiger partial charge is 0.716 e. The molecular weight excluding hydrogens is 1160 g/mol. The predicted octanol–water partition coefficient (Wildman–Crippen LogP) is -5.41. The molecule has 4 heterocycles. The summed E-state index contributed by atoms with van der Waals surface area (Å²) in [6, 6.07) is 6.40. The SMILES string of the molecule is CCCCCOc1ccc(-c2cc(-c3ccc(C(=O)NC4CC(O)CNC(=O)C5C(O)C(C)CN5C(=O)C(C(O)CC(N)=O)NC(=O)C(C(O)Cc5ccc(O)c(OS(=O)(=O)[O-])c5)NC(=O)C5CCCN5C(=O)C(CO)NC4=O)cc3)no2)cc1.[Na+]. The van der Waals surface area contributed by atoms with Crippen LogP contribution in [0.5, 0.6) is 17.2 Å². The predicted molar refractivity (Wildman–Crippen MR) is 294 cm³/mol. The number of ether oxygens (including phenoxy) is 1. The fraction of sp³-hybridized carbons (Fsp3) is 0.473. The van der Waals surface area contributed by atoms with Crippen LogP contribution in [0.15, 0.2) is 77.3 Å². The van der Waals surface area contributed by atoms with Gasteiger partial charge in [0.25, 0.3) is 16.3 Å². The Balaban J connectivity index is 0.0000118. The molecule has 3 fully saturated rings. The fourth-order valence-electron chi connectivity index (χ4n) is 10.1. The van der Waals surface area contributed by atoms with Crippen LogP contribution < -0.4 is 70.8 Å². The van der Waals surface area contributed by atoms with Crippen molar-refractivity contribution in [3.63, 3.8) is 0 Å². The van der Waals surface area contributed by atoms with Gasteiger partial charge in [0.2, 0.25) is 41.4 Å². The molecule has 0 aliphatic carbocycles. The number of phenols is 1. The van der Waals surface area contributed by atoms with Gasteiger partial charge in [0.15, 0.2) is 17.3 Å². The number of aromatic hydroxyl groups is 1. The normalized spacial score (nSPS) is 24.3.